The molecule has 3 aromatic carbocycles. The summed E-state index contributed by atoms with van der Waals surface area (Å²) >= 11 is 0. The molecule has 0 aliphatic heterocycles. The maximum absolute atomic E-state index is 12.9. The van der Waals surface area contributed by atoms with E-state index < -0.39 is 16.8 Å². The van der Waals surface area contributed by atoms with Crippen molar-refractivity contribution in [3.63, 3.8) is 0 Å². The van der Waals surface area contributed by atoms with Crippen molar-refractivity contribution in [2.45, 2.75) is 5.75 Å². The Balaban J connectivity index is 1.96. The molecular weight excluding hydrogens is 484 g/mol. The van der Waals surface area contributed by atoms with Crippen LogP contribution in [0.2, 0.25) is 0 Å². The van der Waals surface area contributed by atoms with Crippen LogP contribution in [0.4, 0.5) is 11.4 Å². The van der Waals surface area contributed by atoms with Gasteiger partial charge in [0.2, 0.25) is 0 Å². The Morgan fingerprint density at radius 3 is 2.11 bits per heavy atom. The first-order valence-corrected chi connectivity index (χ1v) is 12.1. The van der Waals surface area contributed by atoms with Crippen LogP contribution in [0.5, 0.6) is 23.0 Å². The van der Waals surface area contributed by atoms with Crippen molar-refractivity contribution in [1.82, 2.24) is 0 Å². The Kier molecular flexibility index (Phi) is 8.44. The van der Waals surface area contributed by atoms with Gasteiger partial charge in [-0.25, -0.2) is 4.79 Å². The Hall–Kier alpha value is -4.18. The molecule has 3 aromatic rings. The number of hydrogen-bond donors (Lipinski definition) is 3. The van der Waals surface area contributed by atoms with Crippen molar-refractivity contribution in [2.24, 2.45) is 0 Å². The summed E-state index contributed by atoms with van der Waals surface area (Å²) in [5.41, 5.74) is 14.4. The summed E-state index contributed by atoms with van der Waals surface area (Å²) < 4.78 is 34.5. The molecule has 0 bridgehead atoms. The van der Waals surface area contributed by atoms with Gasteiger partial charge in [0.1, 0.15) is 23.0 Å². The van der Waals surface area contributed by atoms with E-state index in [1.807, 2.05) is 0 Å². The molecule has 0 saturated carbocycles. The van der Waals surface area contributed by atoms with Crippen LogP contribution in [0.1, 0.15) is 21.5 Å². The smallest absolute Gasteiger partial charge is 0.336 e. The van der Waals surface area contributed by atoms with Gasteiger partial charge in [0.15, 0.2) is 0 Å². The fraction of sp³-hybridized carbons (Fsp3) is 0.192. The van der Waals surface area contributed by atoms with Gasteiger partial charge in [0.25, 0.3) is 0 Å². The zero-order valence-corrected chi connectivity index (χ0v) is 21.2. The van der Waals surface area contributed by atoms with Gasteiger partial charge in [-0.1, -0.05) is 6.07 Å². The second-order valence-electron chi connectivity index (χ2n) is 7.65. The molecule has 9 nitrogen and oxygen atoms in total. The maximum atomic E-state index is 12.9. The summed E-state index contributed by atoms with van der Waals surface area (Å²) in [5.74, 6) is 0.982. The van der Waals surface area contributed by atoms with E-state index in [0.717, 1.165) is 0 Å². The van der Waals surface area contributed by atoms with Gasteiger partial charge in [0, 0.05) is 40.0 Å². The Morgan fingerprint density at radius 2 is 1.56 bits per heavy atom. The highest BCUT2D eigenvalue weighted by atomic mass is 32.2. The van der Waals surface area contributed by atoms with Crippen molar-refractivity contribution in [1.29, 1.82) is 0 Å². The van der Waals surface area contributed by atoms with Crippen LogP contribution in [0.25, 0.3) is 17.2 Å². The molecule has 36 heavy (non-hydrogen) atoms. The molecular formula is C26H28N2O7S. The number of hydrogen-bond acceptors (Lipinski definition) is 8. The van der Waals surface area contributed by atoms with Crippen molar-refractivity contribution >= 4 is 34.2 Å². The Labute approximate surface area is 211 Å². The van der Waals surface area contributed by atoms with Crippen molar-refractivity contribution in [3.8, 4) is 34.1 Å². The minimum absolute atomic E-state index is 0.0531. The zero-order chi connectivity index (χ0) is 26.4. The second kappa shape index (κ2) is 11.5. The molecule has 0 amide bonds. The van der Waals surface area contributed by atoms with Crippen molar-refractivity contribution in [2.75, 3.05) is 39.9 Å². The summed E-state index contributed by atoms with van der Waals surface area (Å²) in [6, 6.07) is 11.4. The third kappa shape index (κ3) is 5.72. The lowest BCUT2D eigenvalue weighted by Gasteiger charge is -2.16. The molecule has 0 fully saturated rings. The lowest BCUT2D eigenvalue weighted by Crippen LogP contribution is -2.06. The number of anilines is 2. The van der Waals surface area contributed by atoms with Gasteiger partial charge in [-0.3, -0.25) is 4.21 Å². The third-order valence-corrected chi connectivity index (χ3v) is 6.46. The van der Waals surface area contributed by atoms with E-state index >= 15 is 0 Å². The van der Waals surface area contributed by atoms with Gasteiger partial charge < -0.3 is 35.5 Å². The topological polar surface area (TPSA) is 143 Å². The molecule has 0 aliphatic carbocycles. The first kappa shape index (κ1) is 26.4. The molecule has 10 heteroatoms. The van der Waals surface area contributed by atoms with Gasteiger partial charge in [0.05, 0.1) is 56.1 Å². The molecule has 190 valence electrons. The van der Waals surface area contributed by atoms with Gasteiger partial charge in [-0.05, 0) is 35.9 Å². The van der Waals surface area contributed by atoms with E-state index in [-0.39, 0.29) is 28.3 Å². The standard InChI is InChI=1S/C26H28N2O7S/c1-32-17-12-23(34-3)18(24(13-17)35-4)7-8-36(31)14-15-5-6-22(33-2)19(9-15)25-20(26(29)30)10-16(27)11-21(25)28/h5-13H,14,27-28H2,1-4H3,(H,29,30). The third-order valence-electron chi connectivity index (χ3n) is 5.40. The zero-order valence-electron chi connectivity index (χ0n) is 20.4. The lowest BCUT2D eigenvalue weighted by molar-refractivity contribution is 0.0697. The highest BCUT2D eigenvalue weighted by Crippen LogP contribution is 2.39. The van der Waals surface area contributed by atoms with Gasteiger partial charge in [-0.15, -0.1) is 0 Å². The molecule has 1 unspecified atom stereocenters. The van der Waals surface area contributed by atoms with Crippen LogP contribution in [0, 0.1) is 0 Å². The van der Waals surface area contributed by atoms with Crippen LogP contribution in [0.3, 0.4) is 0 Å². The van der Waals surface area contributed by atoms with Crippen LogP contribution in [-0.2, 0) is 16.6 Å². The number of benzene rings is 3. The SMILES string of the molecule is COc1cc(OC)c(C=CS(=O)Cc2ccc(OC)c(-c3c(N)cc(N)cc3C(=O)O)c2)c(OC)c1. The number of methoxy groups -OCH3 is 4. The average Bonchev–Trinajstić information content (AvgIpc) is 2.86. The number of carboxylic acids is 1. The highest BCUT2D eigenvalue weighted by Gasteiger charge is 2.20. The molecule has 5 N–H and O–H groups in total. The predicted octanol–water partition coefficient (Wildman–Crippen LogP) is 4.17. The summed E-state index contributed by atoms with van der Waals surface area (Å²) in [7, 11) is 4.64. The molecule has 0 heterocycles. The quantitative estimate of drug-likeness (QED) is 0.341. The average molecular weight is 513 g/mol. The monoisotopic (exact) mass is 512 g/mol. The van der Waals surface area contributed by atoms with E-state index in [4.69, 9.17) is 30.4 Å². The summed E-state index contributed by atoms with van der Waals surface area (Å²) in [6.07, 6.45) is 1.66. The molecule has 0 spiro atoms. The summed E-state index contributed by atoms with van der Waals surface area (Å²) in [5, 5.41) is 11.3. The molecule has 0 saturated heterocycles. The highest BCUT2D eigenvalue weighted by molar-refractivity contribution is 7.87. The van der Waals surface area contributed by atoms with Crippen molar-refractivity contribution in [3.05, 3.63) is 64.6 Å². The molecule has 0 aliphatic rings. The first-order chi connectivity index (χ1) is 17.2. The normalized spacial score (nSPS) is 11.8. The van der Waals surface area contributed by atoms with E-state index in [9.17, 15) is 14.1 Å². The number of aromatic carboxylic acids is 1. The largest absolute Gasteiger partial charge is 0.496 e. The van der Waals surface area contributed by atoms with Crippen LogP contribution < -0.4 is 30.4 Å². The number of nitrogens with two attached hydrogens (primary N) is 2. The fourth-order valence-corrected chi connectivity index (χ4v) is 4.64. The number of nitrogen functional groups attached to an aromatic ring is 2. The minimum Gasteiger partial charge on any atom is -0.496 e. The molecule has 0 aromatic heterocycles. The lowest BCUT2D eigenvalue weighted by atomic mass is 9.95. The predicted molar refractivity (Wildman–Crippen MR) is 141 cm³/mol. The fourth-order valence-electron chi connectivity index (χ4n) is 3.75. The van der Waals surface area contributed by atoms with Gasteiger partial charge >= 0.3 is 5.97 Å². The van der Waals surface area contributed by atoms with Crippen molar-refractivity contribution < 1.29 is 33.1 Å². The van der Waals surface area contributed by atoms with Crippen LogP contribution in [-0.4, -0.2) is 43.7 Å². The van der Waals surface area contributed by atoms with Crippen LogP contribution >= 0.6 is 0 Å². The van der Waals surface area contributed by atoms with Gasteiger partial charge in [-0.2, -0.15) is 0 Å². The Bertz CT molecular complexity index is 1310. The van der Waals surface area contributed by atoms with E-state index in [1.54, 1.807) is 43.5 Å². The second-order valence-corrected chi connectivity index (χ2v) is 8.97. The minimum atomic E-state index is -1.43. The van der Waals surface area contributed by atoms with E-state index in [1.165, 1.54) is 38.9 Å². The number of carbonyl (C=O) groups is 1. The summed E-state index contributed by atoms with van der Waals surface area (Å²) in [6.45, 7) is 0. The van der Waals surface area contributed by atoms with E-state index in [2.05, 4.69) is 0 Å². The maximum Gasteiger partial charge on any atom is 0.336 e. The molecule has 1 atom stereocenters. The first-order valence-electron chi connectivity index (χ1n) is 10.7. The van der Waals surface area contributed by atoms with Crippen LogP contribution in [0.15, 0.2) is 47.9 Å². The number of ether oxygens (including phenoxy) is 4. The summed E-state index contributed by atoms with van der Waals surface area (Å²) in [4.78, 5) is 11.9. The molecule has 0 radical (unpaired) electrons. The number of carboxylic acid groups (broad SMARTS) is 1. The number of rotatable bonds is 10. The van der Waals surface area contributed by atoms with E-state index in [0.29, 0.717) is 39.7 Å². The Morgan fingerprint density at radius 1 is 0.917 bits per heavy atom. The molecule has 3 rings (SSSR count).